The number of amides is 1. The van der Waals surface area contributed by atoms with Crippen molar-refractivity contribution in [2.75, 3.05) is 0 Å². The molecule has 0 spiro atoms. The van der Waals surface area contributed by atoms with E-state index in [1.807, 2.05) is 0 Å². The highest BCUT2D eigenvalue weighted by Crippen LogP contribution is 2.66. The van der Waals surface area contributed by atoms with Crippen LogP contribution in [0.5, 0.6) is 0 Å². The molecule has 0 aromatic rings. The summed E-state index contributed by atoms with van der Waals surface area (Å²) in [6.45, 7) is 4.71. The van der Waals surface area contributed by atoms with Crippen LogP contribution in [0.25, 0.3) is 0 Å². The van der Waals surface area contributed by atoms with Crippen LogP contribution in [0.2, 0.25) is 0 Å². The van der Waals surface area contributed by atoms with Crippen molar-refractivity contribution in [1.82, 2.24) is 5.32 Å². The average Bonchev–Trinajstić information content (AvgIpc) is 1.91. The van der Waals surface area contributed by atoms with Crippen LogP contribution in [-0.4, -0.2) is 16.7 Å². The molecule has 3 nitrogen and oxygen atoms in total. The first-order chi connectivity index (χ1) is 7.32. The number of carboxylic acid groups (broad SMARTS) is 1. The highest BCUT2D eigenvalue weighted by molar-refractivity contribution is 5.65. The minimum atomic E-state index is -0.839. The van der Waals surface area contributed by atoms with E-state index in [0.29, 0.717) is 10.8 Å². The van der Waals surface area contributed by atoms with Crippen LogP contribution in [0.4, 0.5) is 4.79 Å². The Morgan fingerprint density at radius 2 is 1.69 bits per heavy atom. The first kappa shape index (κ1) is 10.4. The van der Waals surface area contributed by atoms with Crippen LogP contribution in [0, 0.1) is 16.7 Å². The molecule has 4 aliphatic rings. The molecular weight excluding hydrogens is 202 g/mol. The normalized spacial score (nSPS) is 54.0. The topological polar surface area (TPSA) is 49.3 Å². The van der Waals surface area contributed by atoms with E-state index in [1.165, 1.54) is 19.3 Å². The van der Waals surface area contributed by atoms with E-state index >= 15 is 0 Å². The Kier molecular flexibility index (Phi) is 1.79. The minimum absolute atomic E-state index is 0.102. The summed E-state index contributed by atoms with van der Waals surface area (Å²) < 4.78 is 0. The largest absolute Gasteiger partial charge is 0.465 e. The lowest BCUT2D eigenvalue weighted by Crippen LogP contribution is -2.65. The van der Waals surface area contributed by atoms with Gasteiger partial charge in [0.25, 0.3) is 0 Å². The van der Waals surface area contributed by atoms with Crippen molar-refractivity contribution in [2.24, 2.45) is 16.7 Å². The van der Waals surface area contributed by atoms with E-state index in [2.05, 4.69) is 19.2 Å². The van der Waals surface area contributed by atoms with E-state index in [4.69, 9.17) is 5.11 Å². The summed E-state index contributed by atoms with van der Waals surface area (Å²) in [6, 6.07) is 0. The molecule has 4 bridgehead atoms. The monoisotopic (exact) mass is 223 g/mol. The van der Waals surface area contributed by atoms with Crippen LogP contribution >= 0.6 is 0 Å². The molecule has 1 amide bonds. The van der Waals surface area contributed by atoms with Crippen molar-refractivity contribution >= 4 is 6.09 Å². The first-order valence-electron chi connectivity index (χ1n) is 6.33. The third-order valence-corrected chi connectivity index (χ3v) is 5.00. The molecule has 4 saturated carbocycles. The maximum atomic E-state index is 11.0. The Labute approximate surface area is 96.6 Å². The number of nitrogens with one attached hydrogen (secondary N) is 1. The Morgan fingerprint density at radius 3 is 2.12 bits per heavy atom. The van der Waals surface area contributed by atoms with Crippen molar-refractivity contribution < 1.29 is 9.90 Å². The molecule has 2 N–H and O–H groups in total. The summed E-state index contributed by atoms with van der Waals surface area (Å²) in [7, 11) is 0. The fourth-order valence-corrected chi connectivity index (χ4v) is 5.81. The lowest BCUT2D eigenvalue weighted by atomic mass is 9.43. The van der Waals surface area contributed by atoms with Gasteiger partial charge < -0.3 is 10.4 Å². The predicted molar refractivity (Wildman–Crippen MR) is 61.3 cm³/mol. The standard InChI is InChI=1S/C13H21NO2/c1-11-3-9-4-12(2,6-11)8-13(5-9,7-11)14-10(15)16/h9,14H,3-8H2,1-2H3,(H,15,16). The highest BCUT2D eigenvalue weighted by Gasteiger charge is 2.60. The number of carbonyl (C=O) groups is 1. The molecule has 3 heteroatoms. The number of hydrogen-bond acceptors (Lipinski definition) is 1. The second kappa shape index (κ2) is 2.74. The van der Waals surface area contributed by atoms with Gasteiger partial charge in [0.2, 0.25) is 0 Å². The van der Waals surface area contributed by atoms with Gasteiger partial charge in [-0.3, -0.25) is 0 Å². The van der Waals surface area contributed by atoms with Crippen molar-refractivity contribution in [3.63, 3.8) is 0 Å². The minimum Gasteiger partial charge on any atom is -0.465 e. The molecule has 0 saturated heterocycles. The Balaban J connectivity index is 1.95. The second-order valence-corrected chi connectivity index (χ2v) is 7.34. The SMILES string of the molecule is CC12CC3CC(C)(C1)CC(NC(=O)O)(C3)C2. The summed E-state index contributed by atoms with van der Waals surface area (Å²) in [4.78, 5) is 11.0. The van der Waals surface area contributed by atoms with Crippen LogP contribution in [0.3, 0.4) is 0 Å². The molecule has 2 unspecified atom stereocenters. The number of rotatable bonds is 1. The molecule has 16 heavy (non-hydrogen) atoms. The summed E-state index contributed by atoms with van der Waals surface area (Å²) in [6.07, 6.45) is 6.26. The van der Waals surface area contributed by atoms with Crippen LogP contribution in [0.15, 0.2) is 0 Å². The summed E-state index contributed by atoms with van der Waals surface area (Å²) in [5.41, 5.74) is 0.669. The summed E-state index contributed by atoms with van der Waals surface area (Å²) in [5, 5.41) is 11.9. The van der Waals surface area contributed by atoms with Crippen molar-refractivity contribution in [2.45, 2.75) is 57.9 Å². The maximum absolute atomic E-state index is 11.0. The van der Waals surface area contributed by atoms with Gasteiger partial charge in [-0.05, 0) is 55.3 Å². The summed E-state index contributed by atoms with van der Waals surface area (Å²) >= 11 is 0. The molecule has 4 aliphatic carbocycles. The van der Waals surface area contributed by atoms with E-state index < -0.39 is 6.09 Å². The van der Waals surface area contributed by atoms with E-state index in [9.17, 15) is 4.79 Å². The third kappa shape index (κ3) is 1.44. The molecule has 4 fully saturated rings. The zero-order valence-corrected chi connectivity index (χ0v) is 10.2. The van der Waals surface area contributed by atoms with Gasteiger partial charge in [0.05, 0.1) is 0 Å². The van der Waals surface area contributed by atoms with Gasteiger partial charge in [-0.2, -0.15) is 0 Å². The number of hydrogen-bond donors (Lipinski definition) is 2. The van der Waals surface area contributed by atoms with Crippen molar-refractivity contribution in [1.29, 1.82) is 0 Å². The molecule has 0 aromatic heterocycles. The quantitative estimate of drug-likeness (QED) is 0.718. The van der Waals surface area contributed by atoms with Gasteiger partial charge in [-0.25, -0.2) is 4.79 Å². The zero-order valence-electron chi connectivity index (χ0n) is 10.2. The zero-order chi connectivity index (χ0) is 11.6. The lowest BCUT2D eigenvalue weighted by Gasteiger charge is -2.65. The molecule has 2 atom stereocenters. The van der Waals surface area contributed by atoms with E-state index in [-0.39, 0.29) is 5.54 Å². The third-order valence-electron chi connectivity index (χ3n) is 5.00. The van der Waals surface area contributed by atoms with Crippen molar-refractivity contribution in [3.8, 4) is 0 Å². The molecule has 0 aromatic carbocycles. The molecule has 90 valence electrons. The molecule has 4 rings (SSSR count). The fraction of sp³-hybridized carbons (Fsp3) is 0.923. The fourth-order valence-electron chi connectivity index (χ4n) is 5.81. The molecule has 0 heterocycles. The van der Waals surface area contributed by atoms with Crippen molar-refractivity contribution in [3.05, 3.63) is 0 Å². The van der Waals surface area contributed by atoms with Gasteiger partial charge in [0.15, 0.2) is 0 Å². The molecule has 0 aliphatic heterocycles. The molecule has 0 radical (unpaired) electrons. The van der Waals surface area contributed by atoms with Gasteiger partial charge >= 0.3 is 6.09 Å². The van der Waals surface area contributed by atoms with E-state index in [0.717, 1.165) is 25.2 Å². The van der Waals surface area contributed by atoms with E-state index in [1.54, 1.807) is 0 Å². The Morgan fingerprint density at radius 1 is 1.12 bits per heavy atom. The smallest absolute Gasteiger partial charge is 0.405 e. The second-order valence-electron chi connectivity index (χ2n) is 7.34. The first-order valence-corrected chi connectivity index (χ1v) is 6.33. The average molecular weight is 223 g/mol. The Bertz CT molecular complexity index is 334. The lowest BCUT2D eigenvalue weighted by molar-refractivity contribution is -0.114. The van der Waals surface area contributed by atoms with Gasteiger partial charge in [0, 0.05) is 5.54 Å². The predicted octanol–water partition coefficient (Wildman–Crippen LogP) is 3.00. The van der Waals surface area contributed by atoms with Crippen LogP contribution in [-0.2, 0) is 0 Å². The van der Waals surface area contributed by atoms with Crippen LogP contribution < -0.4 is 5.32 Å². The molecular formula is C13H21NO2. The van der Waals surface area contributed by atoms with Gasteiger partial charge in [-0.1, -0.05) is 13.8 Å². The maximum Gasteiger partial charge on any atom is 0.405 e. The van der Waals surface area contributed by atoms with Crippen LogP contribution in [0.1, 0.15) is 52.4 Å². The van der Waals surface area contributed by atoms with Gasteiger partial charge in [0.1, 0.15) is 0 Å². The Hall–Kier alpha value is -0.730. The highest BCUT2D eigenvalue weighted by atomic mass is 16.4. The summed E-state index contributed by atoms with van der Waals surface area (Å²) in [5.74, 6) is 0.748. The van der Waals surface area contributed by atoms with Gasteiger partial charge in [-0.15, -0.1) is 0 Å².